The number of hydrogen-bond donors (Lipinski definition) is 1. The Morgan fingerprint density at radius 2 is 2.31 bits per heavy atom. The average Bonchev–Trinajstić information content (AvgIpc) is 2.29. The minimum Gasteiger partial charge on any atom is -0.380 e. The molecule has 1 heterocycles. The summed E-state index contributed by atoms with van der Waals surface area (Å²) in [5, 5.41) is 3.41. The van der Waals surface area contributed by atoms with Crippen molar-refractivity contribution in [2.75, 3.05) is 7.11 Å². The van der Waals surface area contributed by atoms with Gasteiger partial charge in [0.25, 0.3) is 0 Å². The Bertz CT molecular complexity index is 378. The fourth-order valence-corrected chi connectivity index (χ4v) is 2.25. The molecule has 0 radical (unpaired) electrons. The van der Waals surface area contributed by atoms with Crippen molar-refractivity contribution in [2.45, 2.75) is 39.0 Å². The second-order valence-corrected chi connectivity index (χ2v) is 4.34. The first kappa shape index (κ1) is 11.6. The Hall–Kier alpha value is -0.930. The van der Waals surface area contributed by atoms with E-state index in [0.29, 0.717) is 12.6 Å². The van der Waals surface area contributed by atoms with Crippen LogP contribution in [0.5, 0.6) is 0 Å². The van der Waals surface area contributed by atoms with Gasteiger partial charge < -0.3 is 10.1 Å². The zero-order valence-corrected chi connectivity index (χ0v) is 9.85. The molecule has 1 atom stereocenters. The predicted molar refractivity (Wildman–Crippen MR) is 61.7 cm³/mol. The number of methoxy groups -OCH3 is 1. The first-order valence-electron chi connectivity index (χ1n) is 5.77. The van der Waals surface area contributed by atoms with Gasteiger partial charge in [0.05, 0.1) is 6.61 Å². The number of ether oxygens (including phenoxy) is 1. The minimum absolute atomic E-state index is 0.0792. The summed E-state index contributed by atoms with van der Waals surface area (Å²) in [4.78, 5) is 0. The lowest BCUT2D eigenvalue weighted by Crippen LogP contribution is -2.35. The number of rotatable bonds is 3. The molecular formula is C13H18FNO. The Balaban J connectivity index is 2.28. The van der Waals surface area contributed by atoms with Crippen LogP contribution in [0.3, 0.4) is 0 Å². The lowest BCUT2D eigenvalue weighted by atomic mass is 9.92. The Labute approximate surface area is 95.8 Å². The van der Waals surface area contributed by atoms with Crippen molar-refractivity contribution in [1.82, 2.24) is 5.32 Å². The van der Waals surface area contributed by atoms with Gasteiger partial charge >= 0.3 is 0 Å². The first-order chi connectivity index (χ1) is 7.74. The lowest BCUT2D eigenvalue weighted by molar-refractivity contribution is 0.184. The number of halogens is 1. The van der Waals surface area contributed by atoms with Gasteiger partial charge in [-0.05, 0) is 35.6 Å². The maximum atomic E-state index is 13.9. The van der Waals surface area contributed by atoms with Crippen LogP contribution in [0.25, 0.3) is 0 Å². The third-order valence-electron chi connectivity index (χ3n) is 3.18. The predicted octanol–water partition coefficient (Wildman–Crippen LogP) is 2.40. The molecule has 0 fully saturated rings. The summed E-state index contributed by atoms with van der Waals surface area (Å²) in [5.74, 6) is -0.0792. The molecule has 1 unspecified atom stereocenters. The molecule has 0 aromatic heterocycles. The fraction of sp³-hybridized carbons (Fsp3) is 0.538. The van der Waals surface area contributed by atoms with Gasteiger partial charge in [-0.2, -0.15) is 0 Å². The monoisotopic (exact) mass is 223 g/mol. The molecule has 1 N–H and O–H groups in total. The largest absolute Gasteiger partial charge is 0.380 e. The molecule has 0 saturated carbocycles. The highest BCUT2D eigenvalue weighted by Gasteiger charge is 2.20. The van der Waals surface area contributed by atoms with E-state index < -0.39 is 0 Å². The average molecular weight is 223 g/mol. The Morgan fingerprint density at radius 1 is 1.50 bits per heavy atom. The summed E-state index contributed by atoms with van der Waals surface area (Å²) >= 11 is 0. The van der Waals surface area contributed by atoms with E-state index in [-0.39, 0.29) is 5.82 Å². The summed E-state index contributed by atoms with van der Waals surface area (Å²) in [6, 6.07) is 4.05. The van der Waals surface area contributed by atoms with E-state index in [1.165, 1.54) is 0 Å². The molecule has 1 aliphatic heterocycles. The number of hydrogen-bond acceptors (Lipinski definition) is 2. The van der Waals surface area contributed by atoms with E-state index in [1.807, 2.05) is 6.07 Å². The fourth-order valence-electron chi connectivity index (χ4n) is 2.25. The van der Waals surface area contributed by atoms with Crippen LogP contribution in [-0.2, 0) is 24.3 Å². The van der Waals surface area contributed by atoms with Crippen molar-refractivity contribution in [1.29, 1.82) is 0 Å². The molecule has 2 nitrogen and oxygen atoms in total. The van der Waals surface area contributed by atoms with Gasteiger partial charge in [-0.3, -0.25) is 0 Å². The molecule has 1 aromatic carbocycles. The normalized spacial score (nSPS) is 19.6. The lowest BCUT2D eigenvalue weighted by Gasteiger charge is -2.26. The van der Waals surface area contributed by atoms with E-state index in [9.17, 15) is 4.39 Å². The third-order valence-corrected chi connectivity index (χ3v) is 3.18. The van der Waals surface area contributed by atoms with Crippen molar-refractivity contribution in [2.24, 2.45) is 0 Å². The van der Waals surface area contributed by atoms with E-state index in [1.54, 1.807) is 13.2 Å². The summed E-state index contributed by atoms with van der Waals surface area (Å²) in [7, 11) is 1.63. The van der Waals surface area contributed by atoms with Gasteiger partial charge in [0.1, 0.15) is 5.82 Å². The molecule has 0 amide bonds. The zero-order valence-electron chi connectivity index (χ0n) is 9.85. The Morgan fingerprint density at radius 3 is 3.00 bits per heavy atom. The third kappa shape index (κ3) is 2.25. The van der Waals surface area contributed by atoms with Crippen molar-refractivity contribution >= 4 is 0 Å². The highest BCUT2D eigenvalue weighted by atomic mass is 19.1. The summed E-state index contributed by atoms with van der Waals surface area (Å²) in [6.07, 6.45) is 1.84. The quantitative estimate of drug-likeness (QED) is 0.849. The molecule has 0 saturated heterocycles. The van der Waals surface area contributed by atoms with Crippen LogP contribution in [0.1, 0.15) is 30.0 Å². The molecule has 2 rings (SSSR count). The van der Waals surface area contributed by atoms with Crippen molar-refractivity contribution in [3.8, 4) is 0 Å². The van der Waals surface area contributed by atoms with Crippen LogP contribution < -0.4 is 5.32 Å². The molecule has 1 aromatic rings. The highest BCUT2D eigenvalue weighted by Crippen LogP contribution is 2.23. The van der Waals surface area contributed by atoms with E-state index in [2.05, 4.69) is 12.2 Å². The molecule has 16 heavy (non-hydrogen) atoms. The Kier molecular flexibility index (Phi) is 3.56. The summed E-state index contributed by atoms with van der Waals surface area (Å²) in [5.41, 5.74) is 2.87. The summed E-state index contributed by atoms with van der Waals surface area (Å²) in [6.45, 7) is 3.36. The van der Waals surface area contributed by atoms with Gasteiger partial charge in [0, 0.05) is 19.7 Å². The maximum Gasteiger partial charge on any atom is 0.127 e. The molecule has 0 spiro atoms. The van der Waals surface area contributed by atoms with Gasteiger partial charge in [-0.25, -0.2) is 4.39 Å². The van der Waals surface area contributed by atoms with Gasteiger partial charge in [0.15, 0.2) is 0 Å². The van der Waals surface area contributed by atoms with Crippen LogP contribution in [0.4, 0.5) is 4.39 Å². The van der Waals surface area contributed by atoms with Crippen LogP contribution in [0.2, 0.25) is 0 Å². The first-order valence-corrected chi connectivity index (χ1v) is 5.77. The second-order valence-electron chi connectivity index (χ2n) is 4.34. The molecule has 88 valence electrons. The number of benzene rings is 1. The molecule has 0 aliphatic carbocycles. The smallest absolute Gasteiger partial charge is 0.127 e. The number of nitrogens with one attached hydrogen (secondary N) is 1. The zero-order chi connectivity index (χ0) is 11.5. The minimum atomic E-state index is -0.0792. The van der Waals surface area contributed by atoms with Gasteiger partial charge in [-0.15, -0.1) is 0 Å². The molecule has 3 heteroatoms. The molecule has 0 bridgehead atoms. The van der Waals surface area contributed by atoms with Gasteiger partial charge in [-0.1, -0.05) is 13.0 Å². The SMILES string of the molecule is CCC1Cc2c(F)cc(COC)cc2CN1. The maximum absolute atomic E-state index is 13.9. The van der Waals surface area contributed by atoms with Crippen molar-refractivity contribution in [3.05, 3.63) is 34.6 Å². The van der Waals surface area contributed by atoms with Gasteiger partial charge in [0.2, 0.25) is 0 Å². The van der Waals surface area contributed by atoms with Crippen molar-refractivity contribution < 1.29 is 9.13 Å². The topological polar surface area (TPSA) is 21.3 Å². The highest BCUT2D eigenvalue weighted by molar-refractivity contribution is 5.35. The van der Waals surface area contributed by atoms with E-state index in [4.69, 9.17) is 4.74 Å². The van der Waals surface area contributed by atoms with Crippen LogP contribution in [-0.4, -0.2) is 13.2 Å². The standard InChI is InChI=1S/C13H18FNO/c1-3-11-6-12-10(7-15-11)4-9(8-16-2)5-13(12)14/h4-5,11,15H,3,6-8H2,1-2H3. The van der Waals surface area contributed by atoms with E-state index in [0.717, 1.165) is 36.1 Å². The van der Waals surface area contributed by atoms with Crippen LogP contribution in [0.15, 0.2) is 12.1 Å². The molecule has 1 aliphatic rings. The molecular weight excluding hydrogens is 205 g/mol. The van der Waals surface area contributed by atoms with E-state index >= 15 is 0 Å². The van der Waals surface area contributed by atoms with Crippen LogP contribution >= 0.6 is 0 Å². The second kappa shape index (κ2) is 4.93. The van der Waals surface area contributed by atoms with Crippen LogP contribution in [0, 0.1) is 5.82 Å². The summed E-state index contributed by atoms with van der Waals surface area (Å²) < 4.78 is 18.9. The number of fused-ring (bicyclic) bond motifs is 1. The van der Waals surface area contributed by atoms with Crippen molar-refractivity contribution in [3.63, 3.8) is 0 Å².